The van der Waals surface area contributed by atoms with E-state index in [1.54, 1.807) is 7.05 Å². The summed E-state index contributed by atoms with van der Waals surface area (Å²) in [5, 5.41) is 6.26. The van der Waals surface area contributed by atoms with Gasteiger partial charge in [0, 0.05) is 19.2 Å². The fourth-order valence-electron chi connectivity index (χ4n) is 3.34. The van der Waals surface area contributed by atoms with Crippen molar-refractivity contribution < 1.29 is 9.59 Å². The fraction of sp³-hybridized carbons (Fsp3) is 0.579. The van der Waals surface area contributed by atoms with Crippen LogP contribution in [0.1, 0.15) is 36.0 Å². The van der Waals surface area contributed by atoms with Crippen molar-refractivity contribution in [2.75, 3.05) is 32.0 Å². The van der Waals surface area contributed by atoms with Gasteiger partial charge in [-0.05, 0) is 63.7 Å². The summed E-state index contributed by atoms with van der Waals surface area (Å²) in [6.45, 7) is 8.16. The van der Waals surface area contributed by atoms with Gasteiger partial charge in [0.15, 0.2) is 0 Å². The molecule has 1 aliphatic heterocycles. The highest BCUT2D eigenvalue weighted by atomic mass is 35.5. The Kier molecular flexibility index (Phi) is 8.39. The normalized spacial score (nSPS) is 16.2. The number of halogens is 1. The minimum atomic E-state index is -0.150. The van der Waals surface area contributed by atoms with Crippen molar-refractivity contribution >= 4 is 29.9 Å². The lowest BCUT2D eigenvalue weighted by Gasteiger charge is -2.19. The maximum absolute atomic E-state index is 12.3. The highest BCUT2D eigenvalue weighted by molar-refractivity contribution is 5.95. The first-order chi connectivity index (χ1) is 11.4. The highest BCUT2D eigenvalue weighted by Crippen LogP contribution is 2.22. The molecule has 1 aromatic rings. The van der Waals surface area contributed by atoms with Crippen molar-refractivity contribution in [3.05, 3.63) is 28.8 Å². The van der Waals surface area contributed by atoms with Crippen molar-refractivity contribution in [1.82, 2.24) is 10.2 Å². The van der Waals surface area contributed by atoms with Gasteiger partial charge in [-0.25, -0.2) is 0 Å². The average Bonchev–Trinajstić information content (AvgIpc) is 3.01. The molecule has 0 saturated carbocycles. The molecule has 0 bridgehead atoms. The molecule has 1 aliphatic rings. The molecule has 25 heavy (non-hydrogen) atoms. The van der Waals surface area contributed by atoms with E-state index < -0.39 is 0 Å². The molecular weight excluding hydrogens is 338 g/mol. The van der Waals surface area contributed by atoms with Gasteiger partial charge < -0.3 is 15.5 Å². The quantitative estimate of drug-likeness (QED) is 0.812. The summed E-state index contributed by atoms with van der Waals surface area (Å²) in [5.74, 6) is 0.479. The van der Waals surface area contributed by atoms with Gasteiger partial charge in [0.2, 0.25) is 11.8 Å². The van der Waals surface area contributed by atoms with Crippen LogP contribution in [-0.2, 0) is 9.59 Å². The van der Waals surface area contributed by atoms with Crippen molar-refractivity contribution in [3.8, 4) is 0 Å². The fourth-order valence-corrected chi connectivity index (χ4v) is 3.34. The SMILES string of the molecule is Cc1cc(C)c(NC(=O)CN(C)C(=O)CCC2CCNC2)c(C)c1.Cl. The van der Waals surface area contributed by atoms with Crippen LogP contribution >= 0.6 is 12.4 Å². The summed E-state index contributed by atoms with van der Waals surface area (Å²) >= 11 is 0. The summed E-state index contributed by atoms with van der Waals surface area (Å²) in [6.07, 6.45) is 2.55. The molecule has 6 heteroatoms. The number of carbonyl (C=O) groups is 2. The largest absolute Gasteiger partial charge is 0.336 e. The number of hydrogen-bond donors (Lipinski definition) is 2. The zero-order chi connectivity index (χ0) is 17.7. The first-order valence-corrected chi connectivity index (χ1v) is 8.69. The Morgan fingerprint density at radius 2 is 1.88 bits per heavy atom. The monoisotopic (exact) mass is 367 g/mol. The van der Waals surface area contributed by atoms with Crippen molar-refractivity contribution in [3.63, 3.8) is 0 Å². The van der Waals surface area contributed by atoms with Gasteiger partial charge in [0.05, 0.1) is 6.54 Å². The summed E-state index contributed by atoms with van der Waals surface area (Å²) in [6, 6.07) is 4.10. The number of anilines is 1. The lowest BCUT2D eigenvalue weighted by molar-refractivity contribution is -0.133. The number of hydrogen-bond acceptors (Lipinski definition) is 3. The topological polar surface area (TPSA) is 61.4 Å². The molecule has 0 radical (unpaired) electrons. The third-order valence-corrected chi connectivity index (χ3v) is 4.68. The molecule has 5 nitrogen and oxygen atoms in total. The lowest BCUT2D eigenvalue weighted by atomic mass is 10.0. The summed E-state index contributed by atoms with van der Waals surface area (Å²) in [4.78, 5) is 26.0. The van der Waals surface area contributed by atoms with E-state index in [1.165, 1.54) is 10.5 Å². The molecule has 0 aromatic heterocycles. The van der Waals surface area contributed by atoms with Crippen molar-refractivity contribution in [2.24, 2.45) is 5.92 Å². The minimum Gasteiger partial charge on any atom is -0.336 e. The van der Waals surface area contributed by atoms with Crippen LogP contribution in [0.3, 0.4) is 0 Å². The predicted octanol–water partition coefficient (Wildman–Crippen LogP) is 2.82. The Morgan fingerprint density at radius 1 is 1.24 bits per heavy atom. The van der Waals surface area contributed by atoms with Crippen molar-refractivity contribution in [1.29, 1.82) is 0 Å². The molecule has 2 rings (SSSR count). The van der Waals surface area contributed by atoms with Gasteiger partial charge in [0.1, 0.15) is 0 Å². The summed E-state index contributed by atoms with van der Waals surface area (Å²) < 4.78 is 0. The van der Waals surface area contributed by atoms with Gasteiger partial charge >= 0.3 is 0 Å². The van der Waals surface area contributed by atoms with E-state index >= 15 is 0 Å². The molecule has 0 spiro atoms. The number of nitrogens with one attached hydrogen (secondary N) is 2. The van der Waals surface area contributed by atoms with Crippen LogP contribution in [0.2, 0.25) is 0 Å². The smallest absolute Gasteiger partial charge is 0.243 e. The maximum atomic E-state index is 12.3. The number of carbonyl (C=O) groups excluding carboxylic acids is 2. The second kappa shape index (κ2) is 9.78. The summed E-state index contributed by atoms with van der Waals surface area (Å²) in [7, 11) is 1.70. The Labute approximate surface area is 157 Å². The van der Waals surface area contributed by atoms with E-state index in [9.17, 15) is 9.59 Å². The van der Waals surface area contributed by atoms with Gasteiger partial charge in [0.25, 0.3) is 0 Å². The zero-order valence-corrected chi connectivity index (χ0v) is 16.5. The molecule has 1 heterocycles. The minimum absolute atomic E-state index is 0. The molecule has 1 aromatic carbocycles. The highest BCUT2D eigenvalue weighted by Gasteiger charge is 2.19. The molecule has 1 saturated heterocycles. The Balaban J connectivity index is 0.00000312. The molecule has 2 N–H and O–H groups in total. The van der Waals surface area contributed by atoms with E-state index in [4.69, 9.17) is 0 Å². The first-order valence-electron chi connectivity index (χ1n) is 8.69. The molecule has 1 atom stereocenters. The second-order valence-electron chi connectivity index (χ2n) is 6.97. The molecule has 140 valence electrons. The number of rotatable bonds is 6. The van der Waals surface area contributed by atoms with Gasteiger partial charge in [-0.3, -0.25) is 9.59 Å². The van der Waals surface area contributed by atoms with E-state index in [0.717, 1.165) is 42.7 Å². The van der Waals surface area contributed by atoms with Crippen LogP contribution in [0.25, 0.3) is 0 Å². The predicted molar refractivity (Wildman–Crippen MR) is 104 cm³/mol. The van der Waals surface area contributed by atoms with E-state index in [1.807, 2.05) is 32.9 Å². The first kappa shape index (κ1) is 21.5. The second-order valence-corrected chi connectivity index (χ2v) is 6.97. The number of benzene rings is 1. The summed E-state index contributed by atoms with van der Waals surface area (Å²) in [5.41, 5.74) is 4.12. The molecule has 0 aliphatic carbocycles. The third-order valence-electron chi connectivity index (χ3n) is 4.68. The van der Waals surface area contributed by atoms with Crippen molar-refractivity contribution in [2.45, 2.75) is 40.0 Å². The Bertz CT molecular complexity index is 590. The van der Waals surface area contributed by atoms with Crippen LogP contribution in [0, 0.1) is 26.7 Å². The van der Waals surface area contributed by atoms with E-state index in [-0.39, 0.29) is 30.8 Å². The molecule has 1 unspecified atom stereocenters. The molecule has 2 amide bonds. The van der Waals surface area contributed by atoms with E-state index in [0.29, 0.717) is 12.3 Å². The number of nitrogens with zero attached hydrogens (tertiary/aromatic N) is 1. The van der Waals surface area contributed by atoms with Gasteiger partial charge in [-0.15, -0.1) is 12.4 Å². The van der Waals surface area contributed by atoms with Gasteiger partial charge in [-0.2, -0.15) is 0 Å². The van der Waals surface area contributed by atoms with Crippen LogP contribution in [0.15, 0.2) is 12.1 Å². The van der Waals surface area contributed by atoms with Crippen LogP contribution in [-0.4, -0.2) is 43.4 Å². The Hall–Kier alpha value is -1.59. The third kappa shape index (κ3) is 6.33. The number of amides is 2. The molecule has 1 fully saturated rings. The van der Waals surface area contributed by atoms with Crippen LogP contribution in [0.5, 0.6) is 0 Å². The van der Waals surface area contributed by atoms with Crippen LogP contribution in [0.4, 0.5) is 5.69 Å². The molecular formula is C19H30ClN3O2. The number of aryl methyl sites for hydroxylation is 3. The lowest BCUT2D eigenvalue weighted by Crippen LogP contribution is -2.35. The van der Waals surface area contributed by atoms with Crippen LogP contribution < -0.4 is 10.6 Å². The zero-order valence-electron chi connectivity index (χ0n) is 15.6. The van der Waals surface area contributed by atoms with Gasteiger partial charge in [-0.1, -0.05) is 17.7 Å². The number of likely N-dealkylation sites (N-methyl/N-ethyl adjacent to an activating group) is 1. The average molecular weight is 368 g/mol. The maximum Gasteiger partial charge on any atom is 0.243 e. The van der Waals surface area contributed by atoms with E-state index in [2.05, 4.69) is 10.6 Å². The standard InChI is InChI=1S/C19H29N3O2.ClH/c1-13-9-14(2)19(15(3)10-13)21-17(23)12-22(4)18(24)6-5-16-7-8-20-11-16;/h9-10,16,20H,5-8,11-12H2,1-4H3,(H,21,23);1H. The Morgan fingerprint density at radius 3 is 2.44 bits per heavy atom.